The molecule has 1 amide bonds. The molecule has 2 aromatic carbocycles. The van der Waals surface area contributed by atoms with Crippen molar-refractivity contribution >= 4 is 33.1 Å². The SMILES string of the molecule is N#Cc1ccccc1NC(=O)C[NH+]1CCC[C@H]1c1nc2ccccc2s1. The van der Waals surface area contributed by atoms with Crippen molar-refractivity contribution in [3.05, 3.63) is 59.1 Å². The minimum Gasteiger partial charge on any atom is -0.320 e. The predicted octanol–water partition coefficient (Wildman–Crippen LogP) is 2.53. The highest BCUT2D eigenvalue weighted by molar-refractivity contribution is 7.18. The molecule has 2 N–H and O–H groups in total. The van der Waals surface area contributed by atoms with E-state index in [0.29, 0.717) is 17.8 Å². The number of thiazole rings is 1. The van der Waals surface area contributed by atoms with Gasteiger partial charge in [-0.1, -0.05) is 24.3 Å². The molecule has 0 aliphatic carbocycles. The number of carbonyl (C=O) groups is 1. The maximum absolute atomic E-state index is 12.5. The summed E-state index contributed by atoms with van der Waals surface area (Å²) < 4.78 is 1.20. The zero-order chi connectivity index (χ0) is 17.9. The molecule has 2 heterocycles. The number of amides is 1. The second kappa shape index (κ2) is 7.24. The van der Waals surface area contributed by atoms with Crippen LogP contribution in [0.4, 0.5) is 5.69 Å². The summed E-state index contributed by atoms with van der Waals surface area (Å²) in [5.74, 6) is -0.0595. The third-order valence-electron chi connectivity index (χ3n) is 4.80. The first-order chi connectivity index (χ1) is 12.7. The zero-order valence-corrected chi connectivity index (χ0v) is 15.1. The molecular weight excluding hydrogens is 344 g/mol. The van der Waals surface area contributed by atoms with E-state index in [1.54, 1.807) is 29.5 Å². The number of likely N-dealkylation sites (tertiary alicyclic amines) is 1. The minimum atomic E-state index is -0.0595. The first-order valence-electron chi connectivity index (χ1n) is 8.73. The van der Waals surface area contributed by atoms with Gasteiger partial charge < -0.3 is 10.2 Å². The molecule has 2 atom stereocenters. The molecular formula is C20H19N4OS+. The van der Waals surface area contributed by atoms with Crippen molar-refractivity contribution in [1.82, 2.24) is 4.98 Å². The van der Waals surface area contributed by atoms with Gasteiger partial charge in [0, 0.05) is 12.8 Å². The van der Waals surface area contributed by atoms with Crippen LogP contribution in [0.2, 0.25) is 0 Å². The number of carbonyl (C=O) groups excluding carboxylic acids is 1. The van der Waals surface area contributed by atoms with Gasteiger partial charge in [-0.15, -0.1) is 11.3 Å². The quantitative estimate of drug-likeness (QED) is 0.748. The number of aromatic nitrogens is 1. The van der Waals surface area contributed by atoms with E-state index in [1.165, 1.54) is 9.60 Å². The van der Waals surface area contributed by atoms with Crippen molar-refractivity contribution in [2.45, 2.75) is 18.9 Å². The maximum atomic E-state index is 12.5. The van der Waals surface area contributed by atoms with E-state index in [4.69, 9.17) is 10.2 Å². The Bertz CT molecular complexity index is 958. The van der Waals surface area contributed by atoms with Crippen molar-refractivity contribution in [3.63, 3.8) is 0 Å². The van der Waals surface area contributed by atoms with Gasteiger partial charge >= 0.3 is 0 Å². The number of rotatable bonds is 4. The topological polar surface area (TPSA) is 70.2 Å². The number of hydrogen-bond acceptors (Lipinski definition) is 4. The molecule has 26 heavy (non-hydrogen) atoms. The van der Waals surface area contributed by atoms with Crippen LogP contribution in [0.1, 0.15) is 29.5 Å². The fourth-order valence-electron chi connectivity index (χ4n) is 3.55. The number of nitrogens with zero attached hydrogens (tertiary/aromatic N) is 2. The number of benzene rings is 2. The minimum absolute atomic E-state index is 0.0595. The fraction of sp³-hybridized carbons (Fsp3) is 0.250. The van der Waals surface area contributed by atoms with E-state index < -0.39 is 0 Å². The Morgan fingerprint density at radius 3 is 2.92 bits per heavy atom. The molecule has 3 aromatic rings. The number of nitriles is 1. The fourth-order valence-corrected chi connectivity index (χ4v) is 4.71. The lowest BCUT2D eigenvalue weighted by molar-refractivity contribution is -0.910. The van der Waals surface area contributed by atoms with Gasteiger partial charge in [-0.25, -0.2) is 4.98 Å². The lowest BCUT2D eigenvalue weighted by Gasteiger charge is -2.19. The van der Waals surface area contributed by atoms with E-state index in [0.717, 1.165) is 29.9 Å². The van der Waals surface area contributed by atoms with Crippen molar-refractivity contribution in [1.29, 1.82) is 5.26 Å². The lowest BCUT2D eigenvalue weighted by atomic mass is 10.2. The monoisotopic (exact) mass is 363 g/mol. The molecule has 0 bridgehead atoms. The van der Waals surface area contributed by atoms with E-state index >= 15 is 0 Å². The molecule has 1 saturated heterocycles. The molecule has 1 fully saturated rings. The second-order valence-corrected chi connectivity index (χ2v) is 7.57. The highest BCUT2D eigenvalue weighted by Crippen LogP contribution is 2.28. The van der Waals surface area contributed by atoms with E-state index in [2.05, 4.69) is 17.5 Å². The summed E-state index contributed by atoms with van der Waals surface area (Å²) in [6.07, 6.45) is 2.15. The summed E-state index contributed by atoms with van der Waals surface area (Å²) in [4.78, 5) is 18.6. The van der Waals surface area contributed by atoms with Crippen LogP contribution < -0.4 is 10.2 Å². The largest absolute Gasteiger partial charge is 0.320 e. The molecule has 1 unspecified atom stereocenters. The number of hydrogen-bond donors (Lipinski definition) is 2. The molecule has 1 aliphatic rings. The molecule has 130 valence electrons. The summed E-state index contributed by atoms with van der Waals surface area (Å²) in [7, 11) is 0. The van der Waals surface area contributed by atoms with Gasteiger partial charge in [0.1, 0.15) is 12.1 Å². The van der Waals surface area contributed by atoms with Crippen molar-refractivity contribution in [2.75, 3.05) is 18.4 Å². The molecule has 4 rings (SSSR count). The van der Waals surface area contributed by atoms with Crippen LogP contribution in [-0.4, -0.2) is 24.0 Å². The first-order valence-corrected chi connectivity index (χ1v) is 9.55. The number of fused-ring (bicyclic) bond motifs is 1. The van der Waals surface area contributed by atoms with Crippen LogP contribution in [0.15, 0.2) is 48.5 Å². The zero-order valence-electron chi connectivity index (χ0n) is 14.2. The Labute approximate surface area is 155 Å². The summed E-state index contributed by atoms with van der Waals surface area (Å²) in [5, 5.41) is 13.2. The summed E-state index contributed by atoms with van der Waals surface area (Å²) in [5.41, 5.74) is 2.10. The maximum Gasteiger partial charge on any atom is 0.279 e. The molecule has 5 nitrogen and oxygen atoms in total. The number of para-hydroxylation sites is 2. The van der Waals surface area contributed by atoms with E-state index in [-0.39, 0.29) is 11.9 Å². The van der Waals surface area contributed by atoms with Crippen molar-refractivity contribution < 1.29 is 9.69 Å². The molecule has 0 saturated carbocycles. The van der Waals surface area contributed by atoms with Crippen LogP contribution in [-0.2, 0) is 4.79 Å². The lowest BCUT2D eigenvalue weighted by Crippen LogP contribution is -3.11. The van der Waals surface area contributed by atoms with Gasteiger partial charge in [0.05, 0.1) is 28.0 Å². The third kappa shape index (κ3) is 3.32. The Morgan fingerprint density at radius 2 is 2.08 bits per heavy atom. The summed E-state index contributed by atoms with van der Waals surface area (Å²) in [6, 6.07) is 17.6. The molecule has 1 aromatic heterocycles. The number of quaternary nitrogens is 1. The van der Waals surface area contributed by atoms with Gasteiger partial charge in [0.25, 0.3) is 5.91 Å². The molecule has 0 spiro atoms. The molecule has 0 radical (unpaired) electrons. The number of anilines is 1. The van der Waals surface area contributed by atoms with E-state index in [9.17, 15) is 4.79 Å². The van der Waals surface area contributed by atoms with Crippen molar-refractivity contribution in [2.24, 2.45) is 0 Å². The van der Waals surface area contributed by atoms with E-state index in [1.807, 2.05) is 24.3 Å². The van der Waals surface area contributed by atoms with Gasteiger partial charge in [-0.2, -0.15) is 5.26 Å². The Kier molecular flexibility index (Phi) is 4.65. The smallest absolute Gasteiger partial charge is 0.279 e. The van der Waals surface area contributed by atoms with Crippen molar-refractivity contribution in [3.8, 4) is 6.07 Å². The Balaban J connectivity index is 1.48. The predicted molar refractivity (Wildman–Crippen MR) is 102 cm³/mol. The van der Waals surface area contributed by atoms with Gasteiger partial charge in [0.2, 0.25) is 0 Å². The first kappa shape index (κ1) is 16.7. The average Bonchev–Trinajstić information content (AvgIpc) is 3.28. The van der Waals surface area contributed by atoms with Gasteiger partial charge in [-0.3, -0.25) is 4.79 Å². The van der Waals surface area contributed by atoms with Crippen LogP contribution in [0.25, 0.3) is 10.2 Å². The van der Waals surface area contributed by atoms with Crippen LogP contribution in [0.3, 0.4) is 0 Å². The van der Waals surface area contributed by atoms with Gasteiger partial charge in [0.15, 0.2) is 11.6 Å². The standard InChI is InChI=1S/C20H18N4OS/c21-12-14-6-1-2-7-15(14)22-19(25)13-24-11-5-9-17(24)20-23-16-8-3-4-10-18(16)26-20/h1-4,6-8,10,17H,5,9,11,13H2,(H,22,25)/p+1/t17-/m0/s1. The Hall–Kier alpha value is -2.75. The Morgan fingerprint density at radius 1 is 1.27 bits per heavy atom. The summed E-state index contributed by atoms with van der Waals surface area (Å²) >= 11 is 1.73. The molecule has 1 aliphatic heterocycles. The summed E-state index contributed by atoms with van der Waals surface area (Å²) in [6.45, 7) is 1.36. The third-order valence-corrected chi connectivity index (χ3v) is 5.95. The number of nitrogens with one attached hydrogen (secondary N) is 2. The van der Waals surface area contributed by atoms with Crippen LogP contribution in [0, 0.1) is 11.3 Å². The van der Waals surface area contributed by atoms with Crippen LogP contribution in [0.5, 0.6) is 0 Å². The second-order valence-electron chi connectivity index (χ2n) is 6.51. The highest BCUT2D eigenvalue weighted by atomic mass is 32.1. The average molecular weight is 363 g/mol. The normalized spacial score (nSPS) is 19.3. The van der Waals surface area contributed by atoms with Gasteiger partial charge in [-0.05, 0) is 24.3 Å². The molecule has 6 heteroatoms. The highest BCUT2D eigenvalue weighted by Gasteiger charge is 2.34. The van der Waals surface area contributed by atoms with Crippen LogP contribution >= 0.6 is 11.3 Å².